The Morgan fingerprint density at radius 1 is 1.04 bits per heavy atom. The number of carbonyl (C=O) groups is 1. The summed E-state index contributed by atoms with van der Waals surface area (Å²) in [7, 11) is 0. The first kappa shape index (κ1) is 21.4. The van der Waals surface area contributed by atoms with Crippen LogP contribution >= 0.6 is 11.8 Å². The van der Waals surface area contributed by atoms with Crippen molar-refractivity contribution in [1.29, 1.82) is 0 Å². The molecule has 0 aromatic carbocycles. The SMILES string of the molecule is CCNC(=NCC(C)SC)N1CCN(CC(=O)N2CCCCCC2)CC1. The first-order valence-corrected chi connectivity index (χ1v) is 11.5. The zero-order valence-corrected chi connectivity index (χ0v) is 17.7. The highest BCUT2D eigenvalue weighted by atomic mass is 32.2. The van der Waals surface area contributed by atoms with Crippen molar-refractivity contribution in [2.45, 2.75) is 44.8 Å². The third-order valence-corrected chi connectivity index (χ3v) is 6.18. The molecule has 1 N–H and O–H groups in total. The fourth-order valence-electron chi connectivity index (χ4n) is 3.44. The standard InChI is InChI=1S/C19H37N5OS/c1-4-20-19(21-15-17(2)26-3)24-13-11-22(12-14-24)16-18(25)23-9-7-5-6-8-10-23/h17H,4-16H2,1-3H3,(H,20,21). The van der Waals surface area contributed by atoms with E-state index in [2.05, 4.69) is 40.1 Å². The molecule has 7 heteroatoms. The second-order valence-corrected chi connectivity index (χ2v) is 8.58. The molecule has 1 amide bonds. The smallest absolute Gasteiger partial charge is 0.236 e. The molecule has 0 spiro atoms. The molecule has 2 fully saturated rings. The molecule has 1 atom stereocenters. The minimum atomic E-state index is 0.315. The van der Waals surface area contributed by atoms with Crippen molar-refractivity contribution in [2.75, 3.05) is 65.2 Å². The van der Waals surface area contributed by atoms with Gasteiger partial charge in [-0.15, -0.1) is 0 Å². The fourth-order valence-corrected chi connectivity index (χ4v) is 3.67. The van der Waals surface area contributed by atoms with E-state index in [4.69, 9.17) is 4.99 Å². The third-order valence-electron chi connectivity index (χ3n) is 5.22. The van der Waals surface area contributed by atoms with Crippen LogP contribution in [-0.2, 0) is 4.79 Å². The van der Waals surface area contributed by atoms with Crippen LogP contribution in [0.5, 0.6) is 0 Å². The number of hydrogen-bond acceptors (Lipinski definition) is 4. The van der Waals surface area contributed by atoms with Gasteiger partial charge in [0.1, 0.15) is 0 Å². The minimum Gasteiger partial charge on any atom is -0.357 e. The summed E-state index contributed by atoms with van der Waals surface area (Å²) in [6.45, 7) is 12.3. The Kier molecular flexibility index (Phi) is 9.61. The number of carbonyl (C=O) groups excluding carboxylic acids is 1. The fraction of sp³-hybridized carbons (Fsp3) is 0.895. The number of guanidine groups is 1. The molecule has 0 aromatic heterocycles. The van der Waals surface area contributed by atoms with E-state index in [0.29, 0.717) is 17.7 Å². The Morgan fingerprint density at radius 2 is 1.69 bits per heavy atom. The average Bonchev–Trinajstić information content (AvgIpc) is 2.95. The van der Waals surface area contributed by atoms with Crippen molar-refractivity contribution in [3.63, 3.8) is 0 Å². The lowest BCUT2D eigenvalue weighted by Crippen LogP contribution is -2.54. The Bertz CT molecular complexity index is 443. The summed E-state index contributed by atoms with van der Waals surface area (Å²) in [6.07, 6.45) is 6.99. The van der Waals surface area contributed by atoms with Crippen LogP contribution in [0.3, 0.4) is 0 Å². The maximum Gasteiger partial charge on any atom is 0.236 e. The van der Waals surface area contributed by atoms with Crippen LogP contribution in [0.1, 0.15) is 39.5 Å². The highest BCUT2D eigenvalue weighted by Crippen LogP contribution is 2.11. The number of nitrogens with zero attached hydrogens (tertiary/aromatic N) is 4. The molecule has 2 aliphatic rings. The number of hydrogen-bond donors (Lipinski definition) is 1. The number of nitrogens with one attached hydrogen (secondary N) is 1. The van der Waals surface area contributed by atoms with Gasteiger partial charge in [-0.1, -0.05) is 19.8 Å². The summed E-state index contributed by atoms with van der Waals surface area (Å²) in [5, 5.41) is 3.96. The quantitative estimate of drug-likeness (QED) is 0.559. The Hall–Kier alpha value is -0.950. The molecule has 26 heavy (non-hydrogen) atoms. The van der Waals surface area contributed by atoms with Gasteiger partial charge in [0.25, 0.3) is 0 Å². The first-order chi connectivity index (χ1) is 12.6. The van der Waals surface area contributed by atoms with Crippen LogP contribution in [0.2, 0.25) is 0 Å². The van der Waals surface area contributed by atoms with Gasteiger partial charge in [-0.25, -0.2) is 0 Å². The predicted molar refractivity (Wildman–Crippen MR) is 112 cm³/mol. The molecule has 150 valence electrons. The Labute approximate surface area is 163 Å². The minimum absolute atomic E-state index is 0.315. The van der Waals surface area contributed by atoms with E-state index >= 15 is 0 Å². The lowest BCUT2D eigenvalue weighted by atomic mass is 10.2. The molecule has 2 rings (SSSR count). The third kappa shape index (κ3) is 6.99. The van der Waals surface area contributed by atoms with Gasteiger partial charge in [0.2, 0.25) is 5.91 Å². The largest absolute Gasteiger partial charge is 0.357 e. The predicted octanol–water partition coefficient (Wildman–Crippen LogP) is 1.72. The van der Waals surface area contributed by atoms with Crippen molar-refractivity contribution in [2.24, 2.45) is 4.99 Å². The first-order valence-electron chi connectivity index (χ1n) is 10.2. The van der Waals surface area contributed by atoms with Gasteiger partial charge in [0, 0.05) is 51.1 Å². The summed E-state index contributed by atoms with van der Waals surface area (Å²) in [6, 6.07) is 0. The van der Waals surface area contributed by atoms with Crippen molar-refractivity contribution >= 4 is 23.6 Å². The van der Waals surface area contributed by atoms with Gasteiger partial charge in [0.15, 0.2) is 5.96 Å². The number of thioether (sulfide) groups is 1. The van der Waals surface area contributed by atoms with Gasteiger partial charge in [-0.3, -0.25) is 14.7 Å². The molecular formula is C19H37N5OS. The number of aliphatic imine (C=N–C) groups is 1. The van der Waals surface area contributed by atoms with E-state index in [1.165, 1.54) is 12.8 Å². The molecule has 1 unspecified atom stereocenters. The lowest BCUT2D eigenvalue weighted by Gasteiger charge is -2.37. The topological polar surface area (TPSA) is 51.2 Å². The van der Waals surface area contributed by atoms with E-state index in [1.807, 2.05) is 11.8 Å². The van der Waals surface area contributed by atoms with Crippen molar-refractivity contribution < 1.29 is 4.79 Å². The molecule has 0 bridgehead atoms. The van der Waals surface area contributed by atoms with E-state index in [9.17, 15) is 4.79 Å². The molecule has 0 saturated carbocycles. The highest BCUT2D eigenvalue weighted by Gasteiger charge is 2.23. The van der Waals surface area contributed by atoms with E-state index in [-0.39, 0.29) is 0 Å². The van der Waals surface area contributed by atoms with Gasteiger partial charge in [-0.2, -0.15) is 11.8 Å². The molecule has 2 heterocycles. The molecule has 2 saturated heterocycles. The zero-order valence-electron chi connectivity index (χ0n) is 16.9. The van der Waals surface area contributed by atoms with E-state index in [1.54, 1.807) is 0 Å². The van der Waals surface area contributed by atoms with Crippen LogP contribution in [0, 0.1) is 0 Å². The maximum atomic E-state index is 12.6. The second kappa shape index (κ2) is 11.7. The van der Waals surface area contributed by atoms with Crippen LogP contribution in [0.4, 0.5) is 0 Å². The number of amides is 1. The molecule has 2 aliphatic heterocycles. The average molecular weight is 384 g/mol. The van der Waals surface area contributed by atoms with Crippen LogP contribution in [0.15, 0.2) is 4.99 Å². The maximum absolute atomic E-state index is 12.6. The van der Waals surface area contributed by atoms with E-state index in [0.717, 1.165) is 71.2 Å². The summed E-state index contributed by atoms with van der Waals surface area (Å²) in [4.78, 5) is 24.1. The number of likely N-dealkylation sites (tertiary alicyclic amines) is 1. The van der Waals surface area contributed by atoms with Crippen LogP contribution in [-0.4, -0.2) is 97.0 Å². The van der Waals surface area contributed by atoms with Gasteiger partial charge < -0.3 is 15.1 Å². The molecular weight excluding hydrogens is 346 g/mol. The van der Waals surface area contributed by atoms with Gasteiger partial charge >= 0.3 is 0 Å². The molecule has 0 radical (unpaired) electrons. The van der Waals surface area contributed by atoms with Crippen molar-refractivity contribution in [3.8, 4) is 0 Å². The summed E-state index contributed by atoms with van der Waals surface area (Å²) in [5.74, 6) is 1.33. The van der Waals surface area contributed by atoms with Crippen LogP contribution < -0.4 is 5.32 Å². The Morgan fingerprint density at radius 3 is 2.27 bits per heavy atom. The zero-order chi connectivity index (χ0) is 18.8. The summed E-state index contributed by atoms with van der Waals surface area (Å²) in [5.41, 5.74) is 0. The van der Waals surface area contributed by atoms with Crippen LogP contribution in [0.25, 0.3) is 0 Å². The Balaban J connectivity index is 1.79. The summed E-state index contributed by atoms with van der Waals surface area (Å²) < 4.78 is 0. The second-order valence-electron chi connectivity index (χ2n) is 7.30. The summed E-state index contributed by atoms with van der Waals surface area (Å²) >= 11 is 1.85. The highest BCUT2D eigenvalue weighted by molar-refractivity contribution is 7.99. The number of piperazine rings is 1. The van der Waals surface area contributed by atoms with Crippen molar-refractivity contribution in [1.82, 2.24) is 20.0 Å². The van der Waals surface area contributed by atoms with Gasteiger partial charge in [-0.05, 0) is 26.0 Å². The molecule has 0 aliphatic carbocycles. The normalized spacial score (nSPS) is 21.4. The monoisotopic (exact) mass is 383 g/mol. The van der Waals surface area contributed by atoms with Crippen molar-refractivity contribution in [3.05, 3.63) is 0 Å². The van der Waals surface area contributed by atoms with Gasteiger partial charge in [0.05, 0.1) is 13.1 Å². The molecule has 6 nitrogen and oxygen atoms in total. The van der Waals surface area contributed by atoms with E-state index < -0.39 is 0 Å². The lowest BCUT2D eigenvalue weighted by molar-refractivity contribution is -0.132. The number of rotatable bonds is 6. The molecule has 0 aromatic rings.